The van der Waals surface area contributed by atoms with Gasteiger partial charge in [-0.2, -0.15) is 0 Å². The summed E-state index contributed by atoms with van der Waals surface area (Å²) in [6.07, 6.45) is 2.75. The molecule has 3 rings (SSSR count). The van der Waals surface area contributed by atoms with Crippen LogP contribution in [0.1, 0.15) is 37.0 Å². The van der Waals surface area contributed by atoms with Gasteiger partial charge in [-0.15, -0.1) is 0 Å². The number of hydrogen-bond acceptors (Lipinski definition) is 5. The first-order chi connectivity index (χ1) is 12.6. The predicted molar refractivity (Wildman–Crippen MR) is 100 cm³/mol. The zero-order chi connectivity index (χ0) is 18.5. The van der Waals surface area contributed by atoms with Gasteiger partial charge in [0.1, 0.15) is 0 Å². The van der Waals surface area contributed by atoms with Crippen molar-refractivity contribution in [2.75, 3.05) is 46.4 Å². The fourth-order valence-electron chi connectivity index (χ4n) is 3.54. The van der Waals surface area contributed by atoms with Crippen LogP contribution >= 0.6 is 0 Å². The number of ether oxygens (including phenoxy) is 3. The summed E-state index contributed by atoms with van der Waals surface area (Å²) < 4.78 is 16.8. The standard InChI is InChI=1S/C20H30N2O4/c1-15(2)26-18-7-6-16(13-19(18)24-3)20(23)22-10-8-21(9-11-22)14-17-5-4-12-25-17/h6-7,13,15,17H,4-5,8-12,14H2,1-3H3. The lowest BCUT2D eigenvalue weighted by molar-refractivity contribution is 0.0432. The van der Waals surface area contributed by atoms with E-state index in [2.05, 4.69) is 4.90 Å². The monoisotopic (exact) mass is 362 g/mol. The quantitative estimate of drug-likeness (QED) is 0.778. The number of methoxy groups -OCH3 is 1. The van der Waals surface area contributed by atoms with E-state index >= 15 is 0 Å². The van der Waals surface area contributed by atoms with Gasteiger partial charge in [0, 0.05) is 44.9 Å². The van der Waals surface area contributed by atoms with Crippen LogP contribution in [-0.2, 0) is 4.74 Å². The summed E-state index contributed by atoms with van der Waals surface area (Å²) >= 11 is 0. The van der Waals surface area contributed by atoms with Crippen molar-refractivity contribution in [3.05, 3.63) is 23.8 Å². The Balaban J connectivity index is 1.57. The molecule has 0 N–H and O–H groups in total. The molecule has 144 valence electrons. The molecule has 6 nitrogen and oxygen atoms in total. The second-order valence-corrected chi connectivity index (χ2v) is 7.26. The smallest absolute Gasteiger partial charge is 0.254 e. The minimum atomic E-state index is 0.0520. The maximum absolute atomic E-state index is 12.8. The highest BCUT2D eigenvalue weighted by molar-refractivity contribution is 5.95. The fraction of sp³-hybridized carbons (Fsp3) is 0.650. The molecule has 2 aliphatic heterocycles. The Bertz CT molecular complexity index is 606. The molecule has 0 bridgehead atoms. The first kappa shape index (κ1) is 19.0. The number of benzene rings is 1. The van der Waals surface area contributed by atoms with Crippen molar-refractivity contribution >= 4 is 5.91 Å². The molecule has 2 saturated heterocycles. The third kappa shape index (κ3) is 4.68. The summed E-state index contributed by atoms with van der Waals surface area (Å²) in [5.41, 5.74) is 0.644. The van der Waals surface area contributed by atoms with Crippen LogP contribution in [0.15, 0.2) is 18.2 Å². The third-order valence-electron chi connectivity index (χ3n) is 4.92. The third-order valence-corrected chi connectivity index (χ3v) is 4.92. The highest BCUT2D eigenvalue weighted by Crippen LogP contribution is 2.29. The van der Waals surface area contributed by atoms with E-state index in [0.717, 1.165) is 45.8 Å². The van der Waals surface area contributed by atoms with E-state index in [-0.39, 0.29) is 12.0 Å². The Morgan fingerprint density at radius 3 is 2.62 bits per heavy atom. The van der Waals surface area contributed by atoms with E-state index in [4.69, 9.17) is 14.2 Å². The molecule has 0 aromatic heterocycles. The van der Waals surface area contributed by atoms with Crippen LogP contribution in [0, 0.1) is 0 Å². The predicted octanol–water partition coefficient (Wildman–Crippen LogP) is 2.42. The number of amides is 1. The van der Waals surface area contributed by atoms with Crippen molar-refractivity contribution in [3.8, 4) is 11.5 Å². The minimum absolute atomic E-state index is 0.0520. The van der Waals surface area contributed by atoms with Gasteiger partial charge in [0.2, 0.25) is 0 Å². The Kier molecular flexibility index (Phi) is 6.38. The molecule has 1 unspecified atom stereocenters. The lowest BCUT2D eigenvalue weighted by atomic mass is 10.1. The number of carbonyl (C=O) groups excluding carboxylic acids is 1. The molecule has 2 aliphatic rings. The van der Waals surface area contributed by atoms with E-state index in [1.54, 1.807) is 13.2 Å². The van der Waals surface area contributed by atoms with Gasteiger partial charge in [-0.05, 0) is 44.9 Å². The number of hydrogen-bond donors (Lipinski definition) is 0. The molecule has 26 heavy (non-hydrogen) atoms. The molecular formula is C20H30N2O4. The van der Waals surface area contributed by atoms with E-state index in [9.17, 15) is 4.79 Å². The van der Waals surface area contributed by atoms with Crippen molar-refractivity contribution in [2.45, 2.75) is 38.9 Å². The lowest BCUT2D eigenvalue weighted by Gasteiger charge is -2.35. The molecule has 2 fully saturated rings. The van der Waals surface area contributed by atoms with Crippen LogP contribution < -0.4 is 9.47 Å². The summed E-state index contributed by atoms with van der Waals surface area (Å²) in [4.78, 5) is 17.2. The molecule has 0 spiro atoms. The van der Waals surface area contributed by atoms with Gasteiger partial charge in [0.25, 0.3) is 5.91 Å². The van der Waals surface area contributed by atoms with Crippen molar-refractivity contribution in [2.24, 2.45) is 0 Å². The van der Waals surface area contributed by atoms with Gasteiger partial charge >= 0.3 is 0 Å². The number of rotatable bonds is 6. The van der Waals surface area contributed by atoms with E-state index in [1.165, 1.54) is 6.42 Å². The number of piperazine rings is 1. The van der Waals surface area contributed by atoms with Crippen LogP contribution in [0.3, 0.4) is 0 Å². The molecule has 1 aromatic rings. The SMILES string of the molecule is COc1cc(C(=O)N2CCN(CC3CCCO3)CC2)ccc1OC(C)C. The van der Waals surface area contributed by atoms with Crippen LogP contribution in [0.25, 0.3) is 0 Å². The largest absolute Gasteiger partial charge is 0.493 e. The summed E-state index contributed by atoms with van der Waals surface area (Å²) in [5, 5.41) is 0. The number of nitrogens with zero attached hydrogens (tertiary/aromatic N) is 2. The van der Waals surface area contributed by atoms with E-state index in [1.807, 2.05) is 30.9 Å². The average molecular weight is 362 g/mol. The van der Waals surface area contributed by atoms with Crippen LogP contribution in [-0.4, -0.2) is 74.4 Å². The summed E-state index contributed by atoms with van der Waals surface area (Å²) in [7, 11) is 1.60. The Labute approximate surface area is 156 Å². The molecular weight excluding hydrogens is 332 g/mol. The van der Waals surface area contributed by atoms with Crippen molar-refractivity contribution in [1.82, 2.24) is 9.80 Å². The highest BCUT2D eigenvalue weighted by atomic mass is 16.5. The zero-order valence-electron chi connectivity index (χ0n) is 16.1. The topological polar surface area (TPSA) is 51.2 Å². The fourth-order valence-corrected chi connectivity index (χ4v) is 3.54. The summed E-state index contributed by atoms with van der Waals surface area (Å²) in [5.74, 6) is 1.32. The second kappa shape index (κ2) is 8.73. The van der Waals surface area contributed by atoms with Gasteiger partial charge in [0.05, 0.1) is 19.3 Å². The Morgan fingerprint density at radius 1 is 1.23 bits per heavy atom. The summed E-state index contributed by atoms with van der Waals surface area (Å²) in [6, 6.07) is 5.42. The van der Waals surface area contributed by atoms with Crippen LogP contribution in [0.5, 0.6) is 11.5 Å². The van der Waals surface area contributed by atoms with Crippen molar-refractivity contribution < 1.29 is 19.0 Å². The molecule has 1 amide bonds. The summed E-state index contributed by atoms with van der Waals surface area (Å²) in [6.45, 7) is 9.10. The van der Waals surface area contributed by atoms with E-state index < -0.39 is 0 Å². The molecule has 0 aliphatic carbocycles. The minimum Gasteiger partial charge on any atom is -0.493 e. The van der Waals surface area contributed by atoms with Crippen molar-refractivity contribution in [1.29, 1.82) is 0 Å². The number of carbonyl (C=O) groups is 1. The van der Waals surface area contributed by atoms with Gasteiger partial charge in [-0.3, -0.25) is 9.69 Å². The first-order valence-corrected chi connectivity index (χ1v) is 9.54. The molecule has 1 aromatic carbocycles. The molecule has 0 radical (unpaired) electrons. The Hall–Kier alpha value is -1.79. The molecule has 2 heterocycles. The van der Waals surface area contributed by atoms with Gasteiger partial charge in [-0.25, -0.2) is 0 Å². The molecule has 6 heteroatoms. The van der Waals surface area contributed by atoms with Gasteiger partial charge in [0.15, 0.2) is 11.5 Å². The van der Waals surface area contributed by atoms with E-state index in [0.29, 0.717) is 23.2 Å². The van der Waals surface area contributed by atoms with Crippen LogP contribution in [0.2, 0.25) is 0 Å². The first-order valence-electron chi connectivity index (χ1n) is 9.54. The van der Waals surface area contributed by atoms with Gasteiger partial charge in [-0.1, -0.05) is 0 Å². The van der Waals surface area contributed by atoms with Crippen LogP contribution in [0.4, 0.5) is 0 Å². The second-order valence-electron chi connectivity index (χ2n) is 7.26. The normalized spacial score (nSPS) is 21.2. The highest BCUT2D eigenvalue weighted by Gasteiger charge is 2.26. The van der Waals surface area contributed by atoms with Crippen molar-refractivity contribution in [3.63, 3.8) is 0 Å². The molecule has 0 saturated carbocycles. The maximum Gasteiger partial charge on any atom is 0.254 e. The van der Waals surface area contributed by atoms with Gasteiger partial charge < -0.3 is 19.1 Å². The zero-order valence-corrected chi connectivity index (χ0v) is 16.1. The average Bonchev–Trinajstić information content (AvgIpc) is 3.14. The molecule has 1 atom stereocenters. The lowest BCUT2D eigenvalue weighted by Crippen LogP contribution is -2.50. The Morgan fingerprint density at radius 2 is 2.00 bits per heavy atom. The maximum atomic E-state index is 12.8.